The third-order valence-electron chi connectivity index (χ3n) is 4.64. The molecule has 7 heteroatoms. The molecule has 1 atom stereocenters. The van der Waals surface area contributed by atoms with Gasteiger partial charge in [0.2, 0.25) is 15.9 Å². The average Bonchev–Trinajstić information content (AvgIpc) is 2.97. The van der Waals surface area contributed by atoms with Gasteiger partial charge in [0, 0.05) is 18.5 Å². The van der Waals surface area contributed by atoms with E-state index in [1.165, 1.54) is 10.6 Å². The minimum absolute atomic E-state index is 0.160. The van der Waals surface area contributed by atoms with E-state index in [4.69, 9.17) is 0 Å². The monoisotopic (exact) mass is 378 g/mol. The van der Waals surface area contributed by atoms with Crippen LogP contribution in [0.2, 0.25) is 0 Å². The van der Waals surface area contributed by atoms with Gasteiger partial charge in [-0.05, 0) is 41.5 Å². The maximum Gasteiger partial charge on any atom is 0.241 e. The summed E-state index contributed by atoms with van der Waals surface area (Å²) in [6.07, 6.45) is 1.58. The van der Waals surface area contributed by atoms with Crippen molar-refractivity contribution in [2.75, 3.05) is 13.3 Å². The highest BCUT2D eigenvalue weighted by Crippen LogP contribution is 2.27. The maximum absolute atomic E-state index is 13.0. The Morgan fingerprint density at radius 3 is 2.56 bits per heavy atom. The van der Waals surface area contributed by atoms with Crippen LogP contribution in [0, 0.1) is 6.92 Å². The lowest BCUT2D eigenvalue weighted by Gasteiger charge is -2.36. The number of rotatable bonds is 4. The number of likely N-dealkylation sites (N-methyl/N-ethyl adjacent to an activating group) is 1. The molecule has 1 amide bonds. The van der Waals surface area contributed by atoms with Crippen LogP contribution in [0.25, 0.3) is 0 Å². The van der Waals surface area contributed by atoms with E-state index in [0.29, 0.717) is 13.0 Å². The molecule has 1 aliphatic rings. The van der Waals surface area contributed by atoms with Crippen LogP contribution >= 0.6 is 11.3 Å². The first-order valence-corrected chi connectivity index (χ1v) is 10.8. The first kappa shape index (κ1) is 18.1. The van der Waals surface area contributed by atoms with Crippen LogP contribution in [0.15, 0.2) is 35.7 Å². The van der Waals surface area contributed by atoms with Crippen LogP contribution < -0.4 is 0 Å². The third-order valence-corrected chi connectivity index (χ3v) is 6.88. The second kappa shape index (κ2) is 6.90. The van der Waals surface area contributed by atoms with Gasteiger partial charge in [0.1, 0.15) is 6.04 Å². The number of hydrogen-bond acceptors (Lipinski definition) is 4. The first-order chi connectivity index (χ1) is 11.8. The smallest absolute Gasteiger partial charge is 0.241 e. The Balaban J connectivity index is 1.87. The molecule has 3 rings (SSSR count). The highest BCUT2D eigenvalue weighted by Gasteiger charge is 2.38. The molecule has 5 nitrogen and oxygen atoms in total. The van der Waals surface area contributed by atoms with E-state index in [9.17, 15) is 13.2 Å². The lowest BCUT2D eigenvalue weighted by atomic mass is 9.95. The summed E-state index contributed by atoms with van der Waals surface area (Å²) >= 11 is 1.61. The molecule has 1 aliphatic heterocycles. The molecule has 134 valence electrons. The zero-order valence-electron chi connectivity index (χ0n) is 14.6. The molecule has 2 aromatic rings. The van der Waals surface area contributed by atoms with Crippen LogP contribution in [-0.4, -0.2) is 42.9 Å². The molecule has 0 radical (unpaired) electrons. The molecule has 1 aromatic heterocycles. The Bertz CT molecular complexity index is 889. The van der Waals surface area contributed by atoms with Gasteiger partial charge in [-0.2, -0.15) is 4.31 Å². The fourth-order valence-electron chi connectivity index (χ4n) is 3.17. The number of sulfonamides is 1. The Morgan fingerprint density at radius 1 is 1.28 bits per heavy atom. The lowest BCUT2D eigenvalue weighted by molar-refractivity contribution is -0.134. The number of carbonyl (C=O) groups excluding carboxylic acids is 1. The number of aryl methyl sites for hydroxylation is 1. The van der Waals surface area contributed by atoms with Crippen molar-refractivity contribution in [3.63, 3.8) is 0 Å². The quantitative estimate of drug-likeness (QED) is 0.821. The molecule has 0 N–H and O–H groups in total. The summed E-state index contributed by atoms with van der Waals surface area (Å²) in [5, 5.41) is 2.00. The highest BCUT2D eigenvalue weighted by atomic mass is 32.2. The fourth-order valence-corrected chi connectivity index (χ4v) is 5.13. The fraction of sp³-hybridized carbons (Fsp3) is 0.389. The van der Waals surface area contributed by atoms with Gasteiger partial charge in [-0.1, -0.05) is 24.3 Å². The lowest BCUT2D eigenvalue weighted by Crippen LogP contribution is -2.52. The Labute approximate surface area is 152 Å². The summed E-state index contributed by atoms with van der Waals surface area (Å²) in [5.74, 6) is -0.160. The van der Waals surface area contributed by atoms with Gasteiger partial charge in [0.25, 0.3) is 0 Å². The average molecular weight is 379 g/mol. The van der Waals surface area contributed by atoms with Crippen LogP contribution in [0.1, 0.15) is 21.6 Å². The zero-order chi connectivity index (χ0) is 18.2. The summed E-state index contributed by atoms with van der Waals surface area (Å²) in [7, 11) is -1.74. The van der Waals surface area contributed by atoms with E-state index in [1.54, 1.807) is 23.3 Å². The number of carbonyl (C=O) groups is 1. The second-order valence-corrected chi connectivity index (χ2v) is 9.45. The molecule has 1 aromatic carbocycles. The Kier molecular flexibility index (Phi) is 4.99. The van der Waals surface area contributed by atoms with Gasteiger partial charge >= 0.3 is 0 Å². The number of fused-ring (bicyclic) bond motifs is 1. The normalized spacial score (nSPS) is 18.0. The van der Waals surface area contributed by atoms with Gasteiger partial charge in [0.15, 0.2) is 0 Å². The van der Waals surface area contributed by atoms with Crippen molar-refractivity contribution in [3.8, 4) is 0 Å². The summed E-state index contributed by atoms with van der Waals surface area (Å²) in [5.41, 5.74) is 3.16. The predicted octanol–water partition coefficient (Wildman–Crippen LogP) is 2.40. The molecular weight excluding hydrogens is 356 g/mol. The Hall–Kier alpha value is -1.70. The van der Waals surface area contributed by atoms with Gasteiger partial charge < -0.3 is 4.90 Å². The first-order valence-electron chi connectivity index (χ1n) is 8.09. The molecule has 1 unspecified atom stereocenters. The number of benzene rings is 1. The van der Waals surface area contributed by atoms with Crippen molar-refractivity contribution in [1.82, 2.24) is 9.21 Å². The van der Waals surface area contributed by atoms with Gasteiger partial charge in [-0.25, -0.2) is 8.42 Å². The van der Waals surface area contributed by atoms with Crippen molar-refractivity contribution < 1.29 is 13.2 Å². The van der Waals surface area contributed by atoms with Gasteiger partial charge in [-0.3, -0.25) is 4.79 Å². The number of nitrogens with zero attached hydrogens (tertiary/aromatic N) is 2. The van der Waals surface area contributed by atoms with E-state index in [1.807, 2.05) is 42.6 Å². The minimum Gasteiger partial charge on any atom is -0.339 e. The molecule has 25 heavy (non-hydrogen) atoms. The second-order valence-electron chi connectivity index (χ2n) is 6.52. The van der Waals surface area contributed by atoms with E-state index in [2.05, 4.69) is 0 Å². The Morgan fingerprint density at radius 2 is 1.96 bits per heavy atom. The maximum atomic E-state index is 13.0. The standard InChI is InChI=1S/C18H22N2O3S2/c1-13-8-9-24-17(13)12-19(2)18(21)16-10-14-6-4-5-7-15(14)11-20(16)25(3,22)23/h4-9,16H,10-12H2,1-3H3. The van der Waals surface area contributed by atoms with E-state index < -0.39 is 16.1 Å². The van der Waals surface area contributed by atoms with Crippen molar-refractivity contribution >= 4 is 27.3 Å². The molecular formula is C18H22N2O3S2. The van der Waals surface area contributed by atoms with Crippen molar-refractivity contribution in [1.29, 1.82) is 0 Å². The molecule has 0 saturated heterocycles. The van der Waals surface area contributed by atoms with E-state index in [0.717, 1.165) is 21.6 Å². The largest absolute Gasteiger partial charge is 0.339 e. The van der Waals surface area contributed by atoms with Crippen LogP contribution in [0.4, 0.5) is 0 Å². The SMILES string of the molecule is Cc1ccsc1CN(C)C(=O)C1Cc2ccccc2CN1S(C)(=O)=O. The molecule has 0 fully saturated rings. The highest BCUT2D eigenvalue weighted by molar-refractivity contribution is 7.88. The number of amides is 1. The summed E-state index contributed by atoms with van der Waals surface area (Å²) < 4.78 is 25.9. The van der Waals surface area contributed by atoms with Gasteiger partial charge in [-0.15, -0.1) is 11.3 Å². The summed E-state index contributed by atoms with van der Waals surface area (Å²) in [4.78, 5) is 15.8. The molecule has 0 bridgehead atoms. The summed E-state index contributed by atoms with van der Waals surface area (Å²) in [6.45, 7) is 2.76. The van der Waals surface area contributed by atoms with Crippen LogP contribution in [0.5, 0.6) is 0 Å². The van der Waals surface area contributed by atoms with Crippen molar-refractivity contribution in [2.24, 2.45) is 0 Å². The molecule has 0 saturated carbocycles. The predicted molar refractivity (Wildman–Crippen MR) is 99.9 cm³/mol. The van der Waals surface area contributed by atoms with Crippen LogP contribution in [-0.2, 0) is 34.3 Å². The van der Waals surface area contributed by atoms with Gasteiger partial charge in [0.05, 0.1) is 12.8 Å². The molecule has 2 heterocycles. The minimum atomic E-state index is -3.48. The van der Waals surface area contributed by atoms with E-state index >= 15 is 0 Å². The number of thiophene rings is 1. The van der Waals surface area contributed by atoms with Crippen molar-refractivity contribution in [3.05, 3.63) is 57.3 Å². The number of hydrogen-bond donors (Lipinski definition) is 0. The van der Waals surface area contributed by atoms with Crippen molar-refractivity contribution in [2.45, 2.75) is 32.5 Å². The summed E-state index contributed by atoms with van der Waals surface area (Å²) in [6, 6.07) is 9.06. The topological polar surface area (TPSA) is 57.7 Å². The molecule has 0 aliphatic carbocycles. The molecule has 0 spiro atoms. The van der Waals surface area contributed by atoms with E-state index in [-0.39, 0.29) is 12.5 Å². The third kappa shape index (κ3) is 3.78. The zero-order valence-corrected chi connectivity index (χ0v) is 16.2. The van der Waals surface area contributed by atoms with Crippen LogP contribution in [0.3, 0.4) is 0 Å².